The summed E-state index contributed by atoms with van der Waals surface area (Å²) in [6.07, 6.45) is 8.25. The van der Waals surface area contributed by atoms with Crippen LogP contribution in [0.25, 0.3) is 0 Å². The van der Waals surface area contributed by atoms with Crippen molar-refractivity contribution in [3.63, 3.8) is 0 Å². The van der Waals surface area contributed by atoms with E-state index in [4.69, 9.17) is 16.6 Å². The Morgan fingerprint density at radius 3 is 1.69 bits per heavy atom. The lowest BCUT2D eigenvalue weighted by molar-refractivity contribution is -0.142. The summed E-state index contributed by atoms with van der Waals surface area (Å²) in [6.45, 7) is 2.09. The van der Waals surface area contributed by atoms with E-state index in [1.165, 1.54) is 20.0 Å². The topological polar surface area (TPSA) is 145 Å². The molecule has 0 aromatic heterocycles. The van der Waals surface area contributed by atoms with E-state index in [9.17, 15) is 14.4 Å². The number of hydrogen-bond acceptors (Lipinski definition) is 6. The first-order valence-electron chi connectivity index (χ1n) is 9.67. The van der Waals surface area contributed by atoms with Crippen LogP contribution >= 0.6 is 24.8 Å². The molecule has 10 heteroatoms. The molecule has 4 aliphatic rings. The van der Waals surface area contributed by atoms with Crippen LogP contribution < -0.4 is 16.8 Å². The molecular formula is C19H35Cl2N3O5. The summed E-state index contributed by atoms with van der Waals surface area (Å²) in [6, 6.07) is 0. The van der Waals surface area contributed by atoms with Gasteiger partial charge in [0.15, 0.2) is 0 Å². The van der Waals surface area contributed by atoms with Crippen LogP contribution in [0.3, 0.4) is 0 Å². The molecule has 1 spiro atoms. The van der Waals surface area contributed by atoms with Crippen LogP contribution in [0, 0.1) is 16.2 Å². The second kappa shape index (κ2) is 11.3. The second-order valence-corrected chi connectivity index (χ2v) is 8.69. The summed E-state index contributed by atoms with van der Waals surface area (Å²) in [7, 11) is 1.41. The van der Waals surface area contributed by atoms with Gasteiger partial charge in [0, 0.05) is 13.0 Å². The van der Waals surface area contributed by atoms with E-state index in [-0.39, 0.29) is 53.9 Å². The van der Waals surface area contributed by atoms with Crippen LogP contribution in [0.2, 0.25) is 0 Å². The van der Waals surface area contributed by atoms with Crippen molar-refractivity contribution in [3.8, 4) is 0 Å². The van der Waals surface area contributed by atoms with Crippen molar-refractivity contribution in [2.45, 2.75) is 57.8 Å². The number of carbonyl (C=O) groups is 3. The average Bonchev–Trinajstić information content (AvgIpc) is 3.53. The largest absolute Gasteiger partial charge is 0.481 e. The maximum Gasteiger partial charge on any atom is 0.306 e. The van der Waals surface area contributed by atoms with Crippen molar-refractivity contribution in [3.05, 3.63) is 0 Å². The van der Waals surface area contributed by atoms with Crippen LogP contribution in [0.1, 0.15) is 57.8 Å². The minimum absolute atomic E-state index is 0. The fourth-order valence-corrected chi connectivity index (χ4v) is 3.24. The molecule has 4 rings (SSSR count). The third-order valence-corrected chi connectivity index (χ3v) is 6.21. The highest BCUT2D eigenvalue weighted by molar-refractivity contribution is 5.85. The van der Waals surface area contributed by atoms with Gasteiger partial charge in [0.25, 0.3) is 0 Å². The van der Waals surface area contributed by atoms with E-state index >= 15 is 0 Å². The van der Waals surface area contributed by atoms with Crippen molar-refractivity contribution >= 4 is 42.7 Å². The normalized spacial score (nSPS) is 22.1. The number of aliphatic carboxylic acids is 1. The zero-order valence-corrected chi connectivity index (χ0v) is 18.7. The number of carbonyl (C=O) groups excluding carboxylic acids is 2. The van der Waals surface area contributed by atoms with Crippen LogP contribution in [0.4, 0.5) is 0 Å². The van der Waals surface area contributed by atoms with Gasteiger partial charge in [-0.15, -0.1) is 24.8 Å². The molecule has 4 fully saturated rings. The second-order valence-electron chi connectivity index (χ2n) is 8.69. The number of nitrogens with two attached hydrogens (primary N) is 2. The molecule has 0 aromatic rings. The van der Waals surface area contributed by atoms with Crippen molar-refractivity contribution in [1.29, 1.82) is 0 Å². The summed E-state index contributed by atoms with van der Waals surface area (Å²) in [4.78, 5) is 31.5. The molecular weight excluding hydrogens is 421 g/mol. The molecule has 6 N–H and O–H groups in total. The van der Waals surface area contributed by atoms with Gasteiger partial charge in [-0.3, -0.25) is 14.4 Å². The van der Waals surface area contributed by atoms with Gasteiger partial charge in [-0.05, 0) is 67.9 Å². The standard InChI is InChI=1S/C7H13NO2.C6H11NO2.C6H9NO.2ClH/c1-10-6(9)4-7(5-8)2-3-7;7-4-6(1-2-6)3-5(8)9;8-5-3-6(1-2-6)4-7-5;;/h2-5,8H2,1H3;1-4,7H2,(H,8,9);1-4H2,(H,7,8);2*1H. The molecule has 1 aliphatic heterocycles. The van der Waals surface area contributed by atoms with E-state index in [1.807, 2.05) is 0 Å². The van der Waals surface area contributed by atoms with Gasteiger partial charge in [0.1, 0.15) is 0 Å². The summed E-state index contributed by atoms with van der Waals surface area (Å²) in [5.41, 5.74) is 11.4. The van der Waals surface area contributed by atoms with E-state index in [2.05, 4.69) is 10.1 Å². The molecule has 29 heavy (non-hydrogen) atoms. The van der Waals surface area contributed by atoms with Gasteiger partial charge < -0.3 is 26.6 Å². The predicted octanol–water partition coefficient (Wildman–Crippen LogP) is 1.62. The smallest absolute Gasteiger partial charge is 0.306 e. The van der Waals surface area contributed by atoms with Crippen LogP contribution in [0.5, 0.6) is 0 Å². The minimum atomic E-state index is -0.724. The number of carboxylic acids is 1. The van der Waals surface area contributed by atoms with Gasteiger partial charge in [0.2, 0.25) is 5.91 Å². The van der Waals surface area contributed by atoms with Gasteiger partial charge in [-0.25, -0.2) is 0 Å². The number of halogens is 2. The summed E-state index contributed by atoms with van der Waals surface area (Å²) in [5.74, 6) is -0.608. The molecule has 0 aromatic carbocycles. The van der Waals surface area contributed by atoms with E-state index < -0.39 is 5.97 Å². The molecule has 1 heterocycles. The molecule has 3 aliphatic carbocycles. The highest BCUT2D eigenvalue weighted by Crippen LogP contribution is 2.50. The number of hydrogen-bond donors (Lipinski definition) is 4. The highest BCUT2D eigenvalue weighted by Gasteiger charge is 2.48. The van der Waals surface area contributed by atoms with Gasteiger partial charge in [-0.2, -0.15) is 0 Å². The van der Waals surface area contributed by atoms with Gasteiger partial charge in [0.05, 0.1) is 20.0 Å². The van der Waals surface area contributed by atoms with Crippen LogP contribution in [-0.4, -0.2) is 49.7 Å². The Hall–Kier alpha value is -1.09. The zero-order chi connectivity index (χ0) is 20.1. The van der Waals surface area contributed by atoms with Crippen molar-refractivity contribution in [2.24, 2.45) is 27.7 Å². The van der Waals surface area contributed by atoms with E-state index in [1.54, 1.807) is 0 Å². The van der Waals surface area contributed by atoms with Crippen molar-refractivity contribution in [1.82, 2.24) is 5.32 Å². The third-order valence-electron chi connectivity index (χ3n) is 6.21. The number of methoxy groups -OCH3 is 1. The maximum absolute atomic E-state index is 10.7. The van der Waals surface area contributed by atoms with Crippen LogP contribution in [0.15, 0.2) is 0 Å². The van der Waals surface area contributed by atoms with Crippen molar-refractivity contribution in [2.75, 3.05) is 26.7 Å². The summed E-state index contributed by atoms with van der Waals surface area (Å²) < 4.78 is 4.53. The Kier molecular flexibility index (Phi) is 10.9. The number of esters is 1. The number of carboxylic acid groups (broad SMARTS) is 1. The highest BCUT2D eigenvalue weighted by atomic mass is 35.5. The molecule has 0 unspecified atom stereocenters. The first-order chi connectivity index (χ1) is 12.7. The maximum atomic E-state index is 10.7. The number of ether oxygens (including phenoxy) is 1. The Bertz CT molecular complexity index is 576. The Balaban J connectivity index is 0.000000393. The Morgan fingerprint density at radius 2 is 1.48 bits per heavy atom. The average molecular weight is 456 g/mol. The van der Waals surface area contributed by atoms with Gasteiger partial charge >= 0.3 is 11.9 Å². The van der Waals surface area contributed by atoms with Gasteiger partial charge in [-0.1, -0.05) is 0 Å². The third kappa shape index (κ3) is 9.07. The van der Waals surface area contributed by atoms with Crippen molar-refractivity contribution < 1.29 is 24.2 Å². The van der Waals surface area contributed by atoms with E-state index in [0.717, 1.165) is 38.6 Å². The molecule has 1 saturated heterocycles. The quantitative estimate of drug-likeness (QED) is 0.445. The number of rotatable bonds is 6. The molecule has 8 nitrogen and oxygen atoms in total. The molecule has 0 bridgehead atoms. The van der Waals surface area contributed by atoms with E-state index in [0.29, 0.717) is 24.9 Å². The fourth-order valence-electron chi connectivity index (χ4n) is 3.24. The zero-order valence-electron chi connectivity index (χ0n) is 17.0. The first kappa shape index (κ1) is 27.9. The number of nitrogens with one attached hydrogen (secondary N) is 1. The fraction of sp³-hybridized carbons (Fsp3) is 0.842. The first-order valence-corrected chi connectivity index (χ1v) is 9.67. The molecule has 0 atom stereocenters. The predicted molar refractivity (Wildman–Crippen MR) is 114 cm³/mol. The Morgan fingerprint density at radius 1 is 1.00 bits per heavy atom. The lowest BCUT2D eigenvalue weighted by Gasteiger charge is -2.08. The summed E-state index contributed by atoms with van der Waals surface area (Å²) >= 11 is 0. The lowest BCUT2D eigenvalue weighted by atomic mass is 10.0. The lowest BCUT2D eigenvalue weighted by Crippen LogP contribution is -2.19. The SMILES string of the molecule is COC(=O)CC1(CN)CC1.Cl.Cl.NCC1(CC(=O)O)CC1.O=C1CC2(CC2)CN1. The molecule has 0 radical (unpaired) electrons. The summed E-state index contributed by atoms with van der Waals surface area (Å²) in [5, 5.41) is 11.2. The Labute approximate surface area is 184 Å². The monoisotopic (exact) mass is 455 g/mol. The molecule has 1 amide bonds. The van der Waals surface area contributed by atoms with Crippen LogP contribution in [-0.2, 0) is 19.1 Å². The minimum Gasteiger partial charge on any atom is -0.481 e. The molecule has 170 valence electrons. The number of amides is 1. The molecule has 3 saturated carbocycles.